The zero-order valence-electron chi connectivity index (χ0n) is 15.2. The number of carboxylic acid groups (broad SMARTS) is 1. The number of unbranched alkanes of at least 4 members (excludes halogenated alkanes) is 7. The molecule has 0 saturated heterocycles. The summed E-state index contributed by atoms with van der Waals surface area (Å²) in [7, 11) is 0. The Hall–Kier alpha value is -0.790. The van der Waals surface area contributed by atoms with E-state index < -0.39 is 5.97 Å². The fraction of sp³-hybridized carbons (Fsp3) is 0.850. The van der Waals surface area contributed by atoms with Gasteiger partial charge in [-0.1, -0.05) is 70.4 Å². The molecule has 0 bridgehead atoms. The van der Waals surface area contributed by atoms with Gasteiger partial charge in [-0.25, -0.2) is 0 Å². The van der Waals surface area contributed by atoms with Crippen molar-refractivity contribution in [1.29, 1.82) is 0 Å². The van der Waals surface area contributed by atoms with Crippen LogP contribution in [0.25, 0.3) is 0 Å². The quantitative estimate of drug-likeness (QED) is 0.268. The normalized spacial score (nSPS) is 13.3. The van der Waals surface area contributed by atoms with E-state index in [1.165, 1.54) is 64.2 Å². The van der Waals surface area contributed by atoms with Gasteiger partial charge in [0.1, 0.15) is 0 Å². The zero-order chi connectivity index (χ0) is 16.6. The molecule has 22 heavy (non-hydrogen) atoms. The third-order valence-electron chi connectivity index (χ3n) is 4.42. The maximum atomic E-state index is 10.4. The van der Waals surface area contributed by atoms with Crippen molar-refractivity contribution in [1.82, 2.24) is 0 Å². The minimum absolute atomic E-state index is 0.329. The van der Waals surface area contributed by atoms with Gasteiger partial charge in [-0.15, -0.1) is 0 Å². The van der Waals surface area contributed by atoms with Gasteiger partial charge in [0, 0.05) is 6.42 Å². The standard InChI is InChI=1S/C20H38O2/c1-4-5-10-13-18(2)16-17-19(3)14-11-8-6-7-9-12-15-20(21)22/h14,18H,4-13,15-17H2,1-3H3,(H,21,22)/b19-14-. The van der Waals surface area contributed by atoms with E-state index in [0.717, 1.165) is 18.8 Å². The number of rotatable bonds is 15. The molecule has 1 N–H and O–H groups in total. The van der Waals surface area contributed by atoms with Gasteiger partial charge in [0.2, 0.25) is 0 Å². The van der Waals surface area contributed by atoms with Crippen molar-refractivity contribution in [2.75, 3.05) is 0 Å². The molecule has 0 aromatic heterocycles. The van der Waals surface area contributed by atoms with Gasteiger partial charge in [-0.2, -0.15) is 0 Å². The topological polar surface area (TPSA) is 37.3 Å². The summed E-state index contributed by atoms with van der Waals surface area (Å²) in [5.41, 5.74) is 1.55. The largest absolute Gasteiger partial charge is 0.481 e. The Bertz CT molecular complexity index is 294. The van der Waals surface area contributed by atoms with Crippen molar-refractivity contribution in [3.8, 4) is 0 Å². The van der Waals surface area contributed by atoms with Crippen molar-refractivity contribution in [3.63, 3.8) is 0 Å². The first-order chi connectivity index (χ1) is 10.6. The molecular weight excluding hydrogens is 272 g/mol. The lowest BCUT2D eigenvalue weighted by Crippen LogP contribution is -1.95. The average Bonchev–Trinajstić information content (AvgIpc) is 2.47. The van der Waals surface area contributed by atoms with Gasteiger partial charge in [-0.3, -0.25) is 4.79 Å². The summed E-state index contributed by atoms with van der Waals surface area (Å²) < 4.78 is 0. The van der Waals surface area contributed by atoms with Gasteiger partial charge < -0.3 is 5.11 Å². The van der Waals surface area contributed by atoms with Crippen LogP contribution in [0.15, 0.2) is 11.6 Å². The molecule has 0 saturated carbocycles. The molecule has 1 atom stereocenters. The van der Waals surface area contributed by atoms with Crippen LogP contribution in [0, 0.1) is 5.92 Å². The molecule has 0 aromatic carbocycles. The first-order valence-electron chi connectivity index (χ1n) is 9.43. The van der Waals surface area contributed by atoms with Crippen LogP contribution in [0.5, 0.6) is 0 Å². The summed E-state index contributed by atoms with van der Waals surface area (Å²) in [6.45, 7) is 6.93. The monoisotopic (exact) mass is 310 g/mol. The van der Waals surface area contributed by atoms with E-state index in [1.54, 1.807) is 5.57 Å². The molecule has 1 unspecified atom stereocenters. The fourth-order valence-electron chi connectivity index (χ4n) is 2.76. The first-order valence-corrected chi connectivity index (χ1v) is 9.43. The number of aliphatic carboxylic acids is 1. The minimum atomic E-state index is -0.664. The molecule has 0 aliphatic rings. The molecule has 0 fully saturated rings. The Morgan fingerprint density at radius 1 is 0.955 bits per heavy atom. The second-order valence-corrected chi connectivity index (χ2v) is 6.89. The van der Waals surface area contributed by atoms with Gasteiger partial charge in [0.05, 0.1) is 0 Å². The predicted octanol–water partition coefficient (Wildman–Crippen LogP) is 6.74. The second-order valence-electron chi connectivity index (χ2n) is 6.89. The summed E-state index contributed by atoms with van der Waals surface area (Å²) >= 11 is 0. The summed E-state index contributed by atoms with van der Waals surface area (Å²) in [6, 6.07) is 0. The second kappa shape index (κ2) is 15.1. The lowest BCUT2D eigenvalue weighted by atomic mass is 9.95. The highest BCUT2D eigenvalue weighted by molar-refractivity contribution is 5.66. The zero-order valence-corrected chi connectivity index (χ0v) is 15.2. The average molecular weight is 311 g/mol. The first kappa shape index (κ1) is 21.2. The van der Waals surface area contributed by atoms with E-state index >= 15 is 0 Å². The number of allylic oxidation sites excluding steroid dienone is 2. The molecule has 130 valence electrons. The summed E-state index contributed by atoms with van der Waals surface area (Å²) in [4.78, 5) is 10.4. The predicted molar refractivity (Wildman–Crippen MR) is 96.3 cm³/mol. The lowest BCUT2D eigenvalue weighted by Gasteiger charge is -2.11. The van der Waals surface area contributed by atoms with E-state index in [-0.39, 0.29) is 0 Å². The summed E-state index contributed by atoms with van der Waals surface area (Å²) in [5, 5.41) is 8.56. The van der Waals surface area contributed by atoms with Gasteiger partial charge in [-0.05, 0) is 44.9 Å². The molecule has 2 nitrogen and oxygen atoms in total. The summed E-state index contributed by atoms with van der Waals surface area (Å²) in [6.07, 6.45) is 17.5. The third kappa shape index (κ3) is 15.6. The van der Waals surface area contributed by atoms with Crippen LogP contribution in [0.2, 0.25) is 0 Å². The minimum Gasteiger partial charge on any atom is -0.481 e. The number of hydrogen-bond donors (Lipinski definition) is 1. The van der Waals surface area contributed by atoms with E-state index in [1.807, 2.05) is 0 Å². The third-order valence-corrected chi connectivity index (χ3v) is 4.42. The Morgan fingerprint density at radius 2 is 1.64 bits per heavy atom. The van der Waals surface area contributed by atoms with Crippen LogP contribution in [-0.4, -0.2) is 11.1 Å². The SMILES string of the molecule is CCCCCC(C)CC/C(C)=C\CCCCCCCC(=O)O. The Kier molecular flexibility index (Phi) is 14.6. The molecule has 0 radical (unpaired) electrons. The molecule has 2 heteroatoms. The molecule has 0 aliphatic heterocycles. The van der Waals surface area contributed by atoms with Gasteiger partial charge in [0.15, 0.2) is 0 Å². The van der Waals surface area contributed by atoms with Crippen molar-refractivity contribution in [3.05, 3.63) is 11.6 Å². The number of hydrogen-bond acceptors (Lipinski definition) is 1. The molecular formula is C20H38O2. The number of carboxylic acids is 1. The van der Waals surface area contributed by atoms with Crippen LogP contribution in [0.1, 0.15) is 104 Å². The smallest absolute Gasteiger partial charge is 0.303 e. The van der Waals surface area contributed by atoms with Crippen LogP contribution in [0.3, 0.4) is 0 Å². The van der Waals surface area contributed by atoms with Crippen molar-refractivity contribution >= 4 is 5.97 Å². The molecule has 0 aromatic rings. The van der Waals surface area contributed by atoms with E-state index in [4.69, 9.17) is 5.11 Å². The maximum Gasteiger partial charge on any atom is 0.303 e. The van der Waals surface area contributed by atoms with Crippen molar-refractivity contribution in [2.24, 2.45) is 5.92 Å². The molecule has 0 spiro atoms. The van der Waals surface area contributed by atoms with Gasteiger partial charge in [0.25, 0.3) is 0 Å². The number of carbonyl (C=O) groups is 1. The van der Waals surface area contributed by atoms with Crippen LogP contribution in [0.4, 0.5) is 0 Å². The van der Waals surface area contributed by atoms with E-state index in [0.29, 0.717) is 6.42 Å². The molecule has 0 rings (SSSR count). The van der Waals surface area contributed by atoms with Crippen molar-refractivity contribution < 1.29 is 9.90 Å². The molecule has 0 heterocycles. The highest BCUT2D eigenvalue weighted by Gasteiger charge is 2.02. The van der Waals surface area contributed by atoms with Crippen LogP contribution >= 0.6 is 0 Å². The lowest BCUT2D eigenvalue weighted by molar-refractivity contribution is -0.137. The molecule has 0 amide bonds. The van der Waals surface area contributed by atoms with Crippen LogP contribution < -0.4 is 0 Å². The van der Waals surface area contributed by atoms with Crippen LogP contribution in [-0.2, 0) is 4.79 Å². The highest BCUT2D eigenvalue weighted by atomic mass is 16.4. The Morgan fingerprint density at radius 3 is 2.32 bits per heavy atom. The fourth-order valence-corrected chi connectivity index (χ4v) is 2.76. The van der Waals surface area contributed by atoms with Gasteiger partial charge >= 0.3 is 5.97 Å². The maximum absolute atomic E-state index is 10.4. The Labute approximate surface area is 138 Å². The highest BCUT2D eigenvalue weighted by Crippen LogP contribution is 2.18. The van der Waals surface area contributed by atoms with E-state index in [2.05, 4.69) is 26.8 Å². The molecule has 0 aliphatic carbocycles. The van der Waals surface area contributed by atoms with E-state index in [9.17, 15) is 4.79 Å². The Balaban J connectivity index is 3.46. The summed E-state index contributed by atoms with van der Waals surface area (Å²) in [5.74, 6) is 0.201. The van der Waals surface area contributed by atoms with Crippen molar-refractivity contribution in [2.45, 2.75) is 104 Å².